The first-order chi connectivity index (χ1) is 18.5. The van der Waals surface area contributed by atoms with Crippen LogP contribution in [0.4, 0.5) is 5.69 Å². The molecule has 11 nitrogen and oxygen atoms in total. The normalized spacial score (nSPS) is 16.1. The van der Waals surface area contributed by atoms with Gasteiger partial charge in [0.05, 0.1) is 33.0 Å². The lowest BCUT2D eigenvalue weighted by molar-refractivity contribution is -0.129. The molecule has 0 spiro atoms. The number of halogens is 1. The van der Waals surface area contributed by atoms with Gasteiger partial charge in [0, 0.05) is 20.2 Å². The predicted molar refractivity (Wildman–Crippen MR) is 145 cm³/mol. The van der Waals surface area contributed by atoms with Gasteiger partial charge in [0.1, 0.15) is 5.69 Å². The number of benzene rings is 2. The molecule has 2 atom stereocenters. The Morgan fingerprint density at radius 1 is 1.21 bits per heavy atom. The van der Waals surface area contributed by atoms with E-state index in [0.717, 1.165) is 18.9 Å². The highest BCUT2D eigenvalue weighted by Crippen LogP contribution is 2.24. The summed E-state index contributed by atoms with van der Waals surface area (Å²) >= 11 is 6.16. The molecule has 1 aliphatic rings. The van der Waals surface area contributed by atoms with Gasteiger partial charge in [-0.15, -0.1) is 0 Å². The molecule has 0 radical (unpaired) electrons. The van der Waals surface area contributed by atoms with Crippen molar-refractivity contribution in [1.29, 1.82) is 0 Å². The first kappa shape index (κ1) is 28.4. The van der Waals surface area contributed by atoms with Crippen molar-refractivity contribution in [3.05, 3.63) is 75.2 Å². The summed E-state index contributed by atoms with van der Waals surface area (Å²) < 4.78 is 42.4. The maximum atomic E-state index is 13.3. The van der Waals surface area contributed by atoms with E-state index in [1.807, 2.05) is 0 Å². The molecule has 0 aliphatic carbocycles. The van der Waals surface area contributed by atoms with Crippen molar-refractivity contribution in [2.45, 2.75) is 43.8 Å². The minimum atomic E-state index is -4.32. The number of sulfonamides is 1. The van der Waals surface area contributed by atoms with Gasteiger partial charge >= 0.3 is 5.97 Å². The number of aromatic nitrogens is 2. The van der Waals surface area contributed by atoms with Gasteiger partial charge in [-0.2, -0.15) is 0 Å². The lowest BCUT2D eigenvalue weighted by atomic mass is 10.2. The first-order valence-electron chi connectivity index (χ1n) is 12.3. The Labute approximate surface area is 230 Å². The molecule has 1 fully saturated rings. The lowest BCUT2D eigenvalue weighted by Crippen LogP contribution is -2.39. The number of amides is 1. The molecule has 2 heterocycles. The number of hydrogen-bond donors (Lipinski definition) is 2. The van der Waals surface area contributed by atoms with Gasteiger partial charge in [0.15, 0.2) is 6.10 Å². The van der Waals surface area contributed by atoms with Crippen LogP contribution in [0.3, 0.4) is 0 Å². The van der Waals surface area contributed by atoms with E-state index < -0.39 is 33.6 Å². The standard InChI is InChI=1S/C26H29ClN4O7S/c1-16-23(25(33)31(30(16)3)18-8-5-4-6-9-18)29-39(35,36)20-11-12-22(27)21(14-20)26(34)38-17(2)24(32)28-15-19-10-7-13-37-19/h4-6,8-9,11-12,14,17,19,29H,7,10,13,15H2,1-3H3,(H,28,32)/t17-,19-/m0/s1. The number of ether oxygens (including phenoxy) is 2. The average molecular weight is 577 g/mol. The molecule has 1 saturated heterocycles. The number of hydrogen-bond acceptors (Lipinski definition) is 7. The number of esters is 1. The largest absolute Gasteiger partial charge is 0.449 e. The highest BCUT2D eigenvalue weighted by atomic mass is 35.5. The van der Waals surface area contributed by atoms with Crippen LogP contribution in [0.2, 0.25) is 5.02 Å². The van der Waals surface area contributed by atoms with Crippen LogP contribution in [0.1, 0.15) is 35.8 Å². The van der Waals surface area contributed by atoms with Gasteiger partial charge in [-0.05, 0) is 57.0 Å². The van der Waals surface area contributed by atoms with Gasteiger partial charge in [-0.3, -0.25) is 19.0 Å². The first-order valence-corrected chi connectivity index (χ1v) is 14.1. The second-order valence-electron chi connectivity index (χ2n) is 9.11. The van der Waals surface area contributed by atoms with Gasteiger partial charge in [0.2, 0.25) is 0 Å². The minimum Gasteiger partial charge on any atom is -0.449 e. The highest BCUT2D eigenvalue weighted by Gasteiger charge is 2.26. The molecule has 208 valence electrons. The van der Waals surface area contributed by atoms with E-state index in [-0.39, 0.29) is 27.3 Å². The average Bonchev–Trinajstić information content (AvgIpc) is 3.50. The van der Waals surface area contributed by atoms with Crippen LogP contribution < -0.4 is 15.6 Å². The number of para-hydroxylation sites is 1. The SMILES string of the molecule is Cc1c(NS(=O)(=O)c2ccc(Cl)c(C(=O)O[C@@H](C)C(=O)NC[C@@H]3CCCO3)c2)c(=O)n(-c2ccccc2)n1C. The molecular formula is C26H29ClN4O7S. The van der Waals surface area contributed by atoms with Crippen LogP contribution >= 0.6 is 11.6 Å². The molecule has 1 aliphatic heterocycles. The topological polar surface area (TPSA) is 138 Å². The molecule has 0 unspecified atom stereocenters. The Hall–Kier alpha value is -3.61. The van der Waals surface area contributed by atoms with Gasteiger partial charge in [-0.25, -0.2) is 17.9 Å². The fourth-order valence-electron chi connectivity index (χ4n) is 4.15. The molecule has 0 saturated carbocycles. The Morgan fingerprint density at radius 2 is 1.92 bits per heavy atom. The molecular weight excluding hydrogens is 548 g/mol. The smallest absolute Gasteiger partial charge is 0.340 e. The molecule has 1 amide bonds. The third-order valence-corrected chi connectivity index (χ3v) is 8.12. The number of rotatable bonds is 9. The van der Waals surface area contributed by atoms with Crippen LogP contribution in [-0.2, 0) is 31.3 Å². The Morgan fingerprint density at radius 3 is 2.59 bits per heavy atom. The van der Waals surface area contributed by atoms with E-state index in [1.54, 1.807) is 44.3 Å². The third-order valence-electron chi connectivity index (χ3n) is 6.44. The van der Waals surface area contributed by atoms with E-state index >= 15 is 0 Å². The van der Waals surface area contributed by atoms with Crippen molar-refractivity contribution >= 4 is 39.2 Å². The quantitative estimate of drug-likeness (QED) is 0.374. The fraction of sp³-hybridized carbons (Fsp3) is 0.346. The van der Waals surface area contributed by atoms with E-state index in [9.17, 15) is 22.8 Å². The molecule has 13 heteroatoms. The Balaban J connectivity index is 1.52. The van der Waals surface area contributed by atoms with Crippen molar-refractivity contribution in [2.75, 3.05) is 17.9 Å². The van der Waals surface area contributed by atoms with Crippen LogP contribution in [0.15, 0.2) is 58.2 Å². The van der Waals surface area contributed by atoms with Crippen LogP contribution in [0.25, 0.3) is 5.69 Å². The summed E-state index contributed by atoms with van der Waals surface area (Å²) in [6.07, 6.45) is 0.523. The fourth-order valence-corrected chi connectivity index (χ4v) is 5.48. The summed E-state index contributed by atoms with van der Waals surface area (Å²) in [6.45, 7) is 3.94. The van der Waals surface area contributed by atoms with Crippen LogP contribution in [0, 0.1) is 6.92 Å². The minimum absolute atomic E-state index is 0.0618. The molecule has 0 bridgehead atoms. The Kier molecular flexibility index (Phi) is 8.48. The van der Waals surface area contributed by atoms with E-state index in [4.69, 9.17) is 21.1 Å². The monoisotopic (exact) mass is 576 g/mol. The molecule has 39 heavy (non-hydrogen) atoms. The summed E-state index contributed by atoms with van der Waals surface area (Å²) in [5, 5.41) is 2.61. The predicted octanol–water partition coefficient (Wildman–Crippen LogP) is 2.78. The van der Waals surface area contributed by atoms with Crippen molar-refractivity contribution in [1.82, 2.24) is 14.7 Å². The number of anilines is 1. The molecule has 2 aromatic carbocycles. The third kappa shape index (κ3) is 6.18. The lowest BCUT2D eigenvalue weighted by Gasteiger charge is -2.16. The van der Waals surface area contributed by atoms with Gasteiger partial charge in [-0.1, -0.05) is 29.8 Å². The number of nitrogens with zero attached hydrogens (tertiary/aromatic N) is 2. The van der Waals surface area contributed by atoms with E-state index in [0.29, 0.717) is 24.5 Å². The molecule has 4 rings (SSSR count). The zero-order valence-corrected chi connectivity index (χ0v) is 23.2. The molecule has 3 aromatic rings. The summed E-state index contributed by atoms with van der Waals surface area (Å²) in [7, 11) is -2.68. The van der Waals surface area contributed by atoms with Crippen LogP contribution in [-0.4, -0.2) is 55.0 Å². The number of carbonyl (C=O) groups excluding carboxylic acids is 2. The molecule has 2 N–H and O–H groups in total. The van der Waals surface area contributed by atoms with Crippen molar-refractivity contribution in [3.8, 4) is 5.69 Å². The van der Waals surface area contributed by atoms with E-state index in [2.05, 4.69) is 10.0 Å². The Bertz CT molecular complexity index is 1540. The van der Waals surface area contributed by atoms with Gasteiger partial charge < -0.3 is 14.8 Å². The number of nitrogens with one attached hydrogen (secondary N) is 2. The van der Waals surface area contributed by atoms with Crippen LogP contribution in [0.5, 0.6) is 0 Å². The summed E-state index contributed by atoms with van der Waals surface area (Å²) in [5.74, 6) is -1.49. The van der Waals surface area contributed by atoms with Crippen molar-refractivity contribution < 1.29 is 27.5 Å². The highest BCUT2D eigenvalue weighted by molar-refractivity contribution is 7.92. The zero-order chi connectivity index (χ0) is 28.3. The maximum Gasteiger partial charge on any atom is 0.340 e. The summed E-state index contributed by atoms with van der Waals surface area (Å²) in [6, 6.07) is 12.2. The summed E-state index contributed by atoms with van der Waals surface area (Å²) in [5.41, 5.74) is -0.0177. The molecule has 1 aromatic heterocycles. The zero-order valence-electron chi connectivity index (χ0n) is 21.6. The van der Waals surface area contributed by atoms with Crippen molar-refractivity contribution in [3.63, 3.8) is 0 Å². The number of carbonyl (C=O) groups is 2. The van der Waals surface area contributed by atoms with Gasteiger partial charge in [0.25, 0.3) is 21.5 Å². The second kappa shape index (κ2) is 11.6. The second-order valence-corrected chi connectivity index (χ2v) is 11.2. The van der Waals surface area contributed by atoms with Crippen molar-refractivity contribution in [2.24, 2.45) is 7.05 Å². The maximum absolute atomic E-state index is 13.3. The van der Waals surface area contributed by atoms with E-state index in [1.165, 1.54) is 28.4 Å². The summed E-state index contributed by atoms with van der Waals surface area (Å²) in [4.78, 5) is 38.0.